The number of aldehydes is 1. The van der Waals surface area contributed by atoms with E-state index in [0.717, 1.165) is 34.5 Å². The van der Waals surface area contributed by atoms with Gasteiger partial charge in [0.15, 0.2) is 29.9 Å². The molecule has 2 aliphatic rings. The molecule has 0 spiro atoms. The summed E-state index contributed by atoms with van der Waals surface area (Å²) in [6, 6.07) is 4.76. The van der Waals surface area contributed by atoms with Crippen molar-refractivity contribution in [2.45, 2.75) is 37.5 Å². The number of carboxylic acids is 1. The highest BCUT2D eigenvalue weighted by atomic mass is 35.5. The summed E-state index contributed by atoms with van der Waals surface area (Å²) in [7, 11) is 1.87. The van der Waals surface area contributed by atoms with Crippen molar-refractivity contribution in [1.29, 1.82) is 0 Å². The zero-order valence-corrected chi connectivity index (χ0v) is 25.9. The lowest BCUT2D eigenvalue weighted by Gasteiger charge is -2.49. The Bertz CT molecular complexity index is 1720. The van der Waals surface area contributed by atoms with E-state index in [2.05, 4.69) is 20.8 Å². The van der Waals surface area contributed by atoms with Crippen LogP contribution in [0.3, 0.4) is 0 Å². The number of amides is 2. The number of aliphatic carboxylic acids is 1. The van der Waals surface area contributed by atoms with Crippen LogP contribution in [0.4, 0.5) is 10.9 Å². The average molecular weight is 663 g/mol. The van der Waals surface area contributed by atoms with E-state index >= 15 is 0 Å². The number of β-lactam (4-membered cyclic amide) rings is 1. The Morgan fingerprint density at radius 2 is 2.18 bits per heavy atom. The number of aromatic nitrogens is 3. The van der Waals surface area contributed by atoms with Gasteiger partial charge in [-0.2, -0.15) is 4.57 Å². The van der Waals surface area contributed by atoms with Gasteiger partial charge in [0.1, 0.15) is 32.8 Å². The Balaban J connectivity index is 1.36. The van der Waals surface area contributed by atoms with Crippen LogP contribution in [0.5, 0.6) is 0 Å². The number of hydrogen-bond acceptors (Lipinski definition) is 12. The number of likely N-dealkylation sites (N-methyl/N-ethyl adjacent to an activating group) is 1. The van der Waals surface area contributed by atoms with Crippen LogP contribution < -0.4 is 26.7 Å². The van der Waals surface area contributed by atoms with Gasteiger partial charge >= 0.3 is 5.97 Å². The summed E-state index contributed by atoms with van der Waals surface area (Å²) in [5.74, 6) is -1.65. The van der Waals surface area contributed by atoms with Crippen LogP contribution in [0.2, 0.25) is 4.34 Å². The summed E-state index contributed by atoms with van der Waals surface area (Å²) in [5.41, 5.74) is 14.2. The van der Waals surface area contributed by atoms with Gasteiger partial charge in [-0.15, -0.1) is 11.8 Å². The van der Waals surface area contributed by atoms with Gasteiger partial charge in [-0.25, -0.2) is 9.78 Å². The van der Waals surface area contributed by atoms with Gasteiger partial charge in [-0.3, -0.25) is 19.3 Å². The number of halogens is 1. The number of allylic oxidation sites excluding steroid dienone is 1. The summed E-state index contributed by atoms with van der Waals surface area (Å²) in [6.07, 6.45) is 1.16. The van der Waals surface area contributed by atoms with Crippen molar-refractivity contribution in [2.75, 3.05) is 30.8 Å². The Hall–Kier alpha value is -4.19. The molecule has 44 heavy (non-hydrogen) atoms. The van der Waals surface area contributed by atoms with E-state index in [-0.39, 0.29) is 20.9 Å². The first-order chi connectivity index (χ1) is 21.0. The number of carbonyl (C=O) groups is 4. The fourth-order valence-corrected chi connectivity index (χ4v) is 7.16. The lowest BCUT2D eigenvalue weighted by molar-refractivity contribution is -0.663. The van der Waals surface area contributed by atoms with E-state index in [4.69, 9.17) is 33.0 Å². The number of thioether (sulfide) groups is 1. The normalized spacial score (nSPS) is 19.0. The molecule has 0 aliphatic carbocycles. The number of anilines is 2. The Morgan fingerprint density at radius 1 is 1.41 bits per heavy atom. The van der Waals surface area contributed by atoms with Crippen LogP contribution in [0.25, 0.3) is 11.0 Å². The molecule has 5 heterocycles. The summed E-state index contributed by atoms with van der Waals surface area (Å²) in [6.45, 7) is 3.00. The monoisotopic (exact) mass is 662 g/mol. The average Bonchev–Trinajstić information content (AvgIpc) is 3.51. The van der Waals surface area contributed by atoms with Crippen LogP contribution in [-0.2, 0) is 37.1 Å². The molecule has 15 nitrogen and oxygen atoms in total. The molecule has 2 aliphatic heterocycles. The summed E-state index contributed by atoms with van der Waals surface area (Å²) in [5, 5.41) is 18.0. The number of hydrogen-bond donors (Lipinski definition) is 5. The topological polar surface area (TPSA) is 211 Å². The van der Waals surface area contributed by atoms with E-state index < -0.39 is 41.0 Å². The molecule has 1 fully saturated rings. The van der Waals surface area contributed by atoms with E-state index in [1.807, 2.05) is 40.6 Å². The number of oxime groups is 1. The number of carbonyl (C=O) groups excluding carboxylic acids is 3. The largest absolute Gasteiger partial charge is 0.478 e. The molecule has 3 aromatic rings. The van der Waals surface area contributed by atoms with Gasteiger partial charge in [0.25, 0.3) is 11.8 Å². The second kappa shape index (κ2) is 12.8. The molecule has 232 valence electrons. The maximum Gasteiger partial charge on any atom is 0.347 e. The van der Waals surface area contributed by atoms with Crippen molar-refractivity contribution in [1.82, 2.24) is 25.1 Å². The fraction of sp³-hybridized carbons (Fsp3) is 0.346. The number of fused-ring (bicyclic) bond motifs is 2. The predicted molar refractivity (Wildman–Crippen MR) is 165 cm³/mol. The number of nitrogens with one attached hydrogen (secondary N) is 2. The maximum atomic E-state index is 13.3. The Labute approximate surface area is 263 Å². The van der Waals surface area contributed by atoms with Gasteiger partial charge in [-0.05, 0) is 20.0 Å². The summed E-state index contributed by atoms with van der Waals surface area (Å²) in [4.78, 5) is 60.4. The molecule has 0 bridgehead atoms. The number of nitrogens with zero attached hydrogens (tertiary/aromatic N) is 5. The number of nitrogens with two attached hydrogens (primary N) is 2. The molecule has 0 saturated carbocycles. The predicted octanol–water partition coefficient (Wildman–Crippen LogP) is 0.169. The quantitative estimate of drug-likeness (QED) is 0.0580. The third-order valence-electron chi connectivity index (χ3n) is 7.11. The van der Waals surface area contributed by atoms with Crippen molar-refractivity contribution in [3.05, 3.63) is 45.7 Å². The first-order valence-electron chi connectivity index (χ1n) is 13.3. The molecular formula is C26H29ClN9O6S2+. The molecule has 1 saturated heterocycles. The molecule has 2 amide bonds. The SMILES string of the molecule is CNCCn1c(N)cc2c1ccc[n+]2CC1=C(C=O)N2C(=O)C(NC(=O)/C(=N\O[C@@H](C)C(=O)O)c3nc(N)sc3Cl)C2SC1. The van der Waals surface area contributed by atoms with E-state index in [1.54, 1.807) is 0 Å². The molecule has 7 N–H and O–H groups in total. The number of rotatable bonds is 12. The molecule has 3 aromatic heterocycles. The Kier molecular flexibility index (Phi) is 9.10. The van der Waals surface area contributed by atoms with Crippen molar-refractivity contribution in [3.63, 3.8) is 0 Å². The third kappa shape index (κ3) is 5.82. The number of pyridine rings is 1. The maximum absolute atomic E-state index is 13.3. The lowest BCUT2D eigenvalue weighted by atomic mass is 10.0. The van der Waals surface area contributed by atoms with Gasteiger partial charge < -0.3 is 36.6 Å². The van der Waals surface area contributed by atoms with Crippen LogP contribution in [0, 0.1) is 0 Å². The first kappa shape index (κ1) is 31.2. The highest BCUT2D eigenvalue weighted by Crippen LogP contribution is 2.40. The van der Waals surface area contributed by atoms with Crippen LogP contribution in [-0.4, -0.2) is 86.2 Å². The smallest absolute Gasteiger partial charge is 0.347 e. The molecule has 0 aromatic carbocycles. The van der Waals surface area contributed by atoms with Gasteiger partial charge in [0.05, 0.1) is 11.8 Å². The van der Waals surface area contributed by atoms with Crippen molar-refractivity contribution < 1.29 is 33.7 Å². The minimum absolute atomic E-state index is 0.0269. The van der Waals surface area contributed by atoms with Crippen molar-refractivity contribution in [3.8, 4) is 0 Å². The van der Waals surface area contributed by atoms with Gasteiger partial charge in [0.2, 0.25) is 11.6 Å². The van der Waals surface area contributed by atoms with Crippen LogP contribution in [0.1, 0.15) is 12.6 Å². The van der Waals surface area contributed by atoms with Gasteiger partial charge in [0, 0.05) is 30.5 Å². The third-order valence-corrected chi connectivity index (χ3v) is 9.53. The van der Waals surface area contributed by atoms with Crippen molar-refractivity contribution in [2.24, 2.45) is 5.16 Å². The standard InChI is InChI=1S/C26H28ClN9O6S2/c1-12(25(40)41)42-33-19(18-21(27)44-26(29)32-18)22(38)31-20-23(39)36-16(10-37)13(11-43-24(20)36)9-34-6-3-4-14-15(34)8-17(28)35(14)7-5-30-2/h3-4,6,8,10,12,20,24,28,30H,5,7,9,11H2,1-2H3,(H4,29,31,32,38,40,41)/p+1/b33-19-/t12-,20?,24?/m0/s1. The van der Waals surface area contributed by atoms with Gasteiger partial charge in [-0.1, -0.05) is 28.1 Å². The second-order valence-corrected chi connectivity index (χ2v) is 12.6. The van der Waals surface area contributed by atoms with E-state index in [1.165, 1.54) is 23.6 Å². The molecule has 3 atom stereocenters. The van der Waals surface area contributed by atoms with Crippen LogP contribution in [0.15, 0.2) is 40.8 Å². The highest BCUT2D eigenvalue weighted by Gasteiger charge is 2.53. The summed E-state index contributed by atoms with van der Waals surface area (Å²) < 4.78 is 4.02. The minimum atomic E-state index is -1.38. The number of thiazole rings is 1. The minimum Gasteiger partial charge on any atom is -0.478 e. The fourth-order valence-electron chi connectivity index (χ4n) is 4.87. The number of carboxylic acid groups (broad SMARTS) is 1. The summed E-state index contributed by atoms with van der Waals surface area (Å²) >= 11 is 8.45. The van der Waals surface area contributed by atoms with Crippen molar-refractivity contribution >= 4 is 86.5 Å². The molecule has 18 heteroatoms. The second-order valence-electron chi connectivity index (χ2n) is 9.90. The highest BCUT2D eigenvalue weighted by molar-refractivity contribution is 8.00. The molecule has 0 radical (unpaired) electrons. The Morgan fingerprint density at radius 3 is 2.84 bits per heavy atom. The zero-order chi connectivity index (χ0) is 31.7. The lowest BCUT2D eigenvalue weighted by Crippen LogP contribution is -2.70. The van der Waals surface area contributed by atoms with E-state index in [0.29, 0.717) is 30.9 Å². The zero-order valence-electron chi connectivity index (χ0n) is 23.5. The van der Waals surface area contributed by atoms with E-state index in [9.17, 15) is 19.2 Å². The molecular weight excluding hydrogens is 634 g/mol. The number of nitrogen functional groups attached to an aromatic ring is 2. The first-order valence-corrected chi connectivity index (χ1v) is 15.5. The molecule has 5 rings (SSSR count). The van der Waals surface area contributed by atoms with Crippen LogP contribution >= 0.6 is 34.7 Å². The molecule has 2 unspecified atom stereocenters.